The summed E-state index contributed by atoms with van der Waals surface area (Å²) in [5.74, 6) is 1.41. The molecule has 0 atom stereocenters. The number of hydrogen-bond donors (Lipinski definition) is 2. The van der Waals surface area contributed by atoms with Gasteiger partial charge in [-0.2, -0.15) is 0 Å². The van der Waals surface area contributed by atoms with Gasteiger partial charge in [0.2, 0.25) is 0 Å². The van der Waals surface area contributed by atoms with E-state index in [0.717, 1.165) is 11.3 Å². The molecule has 0 fully saturated rings. The minimum atomic E-state index is 0.113. The molecule has 1 rings (SSSR count). The smallest absolute Gasteiger partial charge is 0.0681 e. The maximum atomic E-state index is 9.03. The number of hydrogen-bond acceptors (Lipinski definition) is 2. The van der Waals surface area contributed by atoms with Crippen LogP contribution in [-0.4, -0.2) is 11.1 Å². The molecule has 2 nitrogen and oxygen atoms in total. The third-order valence-corrected chi connectivity index (χ3v) is 3.02. The van der Waals surface area contributed by atoms with Gasteiger partial charge in [-0.25, -0.2) is 0 Å². The third kappa shape index (κ3) is 5.54. The Kier molecular flexibility index (Phi) is 6.20. The van der Waals surface area contributed by atoms with Gasteiger partial charge >= 0.3 is 0 Å². The summed E-state index contributed by atoms with van der Waals surface area (Å²) >= 11 is 0. The lowest BCUT2D eigenvalue weighted by atomic mass is 9.95. The van der Waals surface area contributed by atoms with Gasteiger partial charge in [0.25, 0.3) is 0 Å². The standard InChI is InChI=1S/C16H27NO/c1-12(2)9-16(10-13(3)4)17-15-7-5-14(11-18)6-8-15/h5-8,12-13,16-18H,9-11H2,1-4H3. The van der Waals surface area contributed by atoms with Crippen molar-refractivity contribution in [3.05, 3.63) is 29.8 Å². The Balaban J connectivity index is 2.62. The Labute approximate surface area is 111 Å². The van der Waals surface area contributed by atoms with Crippen molar-refractivity contribution in [1.82, 2.24) is 0 Å². The minimum absolute atomic E-state index is 0.113. The van der Waals surface area contributed by atoms with Gasteiger partial charge in [-0.1, -0.05) is 39.8 Å². The minimum Gasteiger partial charge on any atom is -0.392 e. The molecular formula is C16H27NO. The van der Waals surface area contributed by atoms with E-state index in [1.807, 2.05) is 12.1 Å². The second-order valence-electron chi connectivity index (χ2n) is 5.96. The van der Waals surface area contributed by atoms with Crippen molar-refractivity contribution < 1.29 is 5.11 Å². The molecule has 0 aliphatic rings. The van der Waals surface area contributed by atoms with Gasteiger partial charge in [-0.15, -0.1) is 0 Å². The summed E-state index contributed by atoms with van der Waals surface area (Å²) in [7, 11) is 0. The van der Waals surface area contributed by atoms with Gasteiger partial charge in [-0.05, 0) is 42.4 Å². The SMILES string of the molecule is CC(C)CC(CC(C)C)Nc1ccc(CO)cc1. The van der Waals surface area contributed by atoms with Gasteiger partial charge in [0.05, 0.1) is 6.61 Å². The number of anilines is 1. The van der Waals surface area contributed by atoms with Gasteiger partial charge in [0.1, 0.15) is 0 Å². The van der Waals surface area contributed by atoms with E-state index in [0.29, 0.717) is 17.9 Å². The second kappa shape index (κ2) is 7.42. The second-order valence-corrected chi connectivity index (χ2v) is 5.96. The molecule has 0 radical (unpaired) electrons. The third-order valence-electron chi connectivity index (χ3n) is 3.02. The zero-order valence-corrected chi connectivity index (χ0v) is 12.1. The summed E-state index contributed by atoms with van der Waals surface area (Å²) in [6.07, 6.45) is 2.39. The Hall–Kier alpha value is -1.02. The topological polar surface area (TPSA) is 32.3 Å². The van der Waals surface area contributed by atoms with Crippen molar-refractivity contribution in [1.29, 1.82) is 0 Å². The van der Waals surface area contributed by atoms with Crippen molar-refractivity contribution in [3.63, 3.8) is 0 Å². The number of aliphatic hydroxyl groups is 1. The highest BCUT2D eigenvalue weighted by molar-refractivity contribution is 5.45. The van der Waals surface area contributed by atoms with Crippen LogP contribution in [0.5, 0.6) is 0 Å². The lowest BCUT2D eigenvalue weighted by Gasteiger charge is -2.23. The van der Waals surface area contributed by atoms with Crippen LogP contribution in [0.4, 0.5) is 5.69 Å². The first-order valence-corrected chi connectivity index (χ1v) is 6.97. The molecule has 0 saturated carbocycles. The molecule has 18 heavy (non-hydrogen) atoms. The van der Waals surface area contributed by atoms with E-state index in [-0.39, 0.29) is 6.61 Å². The molecule has 0 unspecified atom stereocenters. The maximum Gasteiger partial charge on any atom is 0.0681 e. The fourth-order valence-electron chi connectivity index (χ4n) is 2.29. The highest BCUT2D eigenvalue weighted by Gasteiger charge is 2.12. The van der Waals surface area contributed by atoms with Crippen LogP contribution in [0.1, 0.15) is 46.1 Å². The van der Waals surface area contributed by atoms with E-state index in [1.54, 1.807) is 0 Å². The fraction of sp³-hybridized carbons (Fsp3) is 0.625. The molecule has 2 N–H and O–H groups in total. The van der Waals surface area contributed by atoms with E-state index in [2.05, 4.69) is 45.1 Å². The van der Waals surface area contributed by atoms with Crippen LogP contribution in [0.3, 0.4) is 0 Å². The lowest BCUT2D eigenvalue weighted by molar-refractivity contribution is 0.282. The Morgan fingerprint density at radius 2 is 1.44 bits per heavy atom. The Morgan fingerprint density at radius 3 is 1.83 bits per heavy atom. The first kappa shape index (κ1) is 15.0. The molecule has 0 bridgehead atoms. The zero-order chi connectivity index (χ0) is 13.5. The molecule has 1 aromatic carbocycles. The predicted octanol–water partition coefficient (Wildman–Crippen LogP) is 4.05. The lowest BCUT2D eigenvalue weighted by Crippen LogP contribution is -2.23. The van der Waals surface area contributed by atoms with Gasteiger partial charge in [0, 0.05) is 11.7 Å². The van der Waals surface area contributed by atoms with E-state index < -0.39 is 0 Å². The fourth-order valence-corrected chi connectivity index (χ4v) is 2.29. The van der Waals surface area contributed by atoms with E-state index >= 15 is 0 Å². The normalized spacial score (nSPS) is 11.6. The highest BCUT2D eigenvalue weighted by atomic mass is 16.3. The molecule has 0 aliphatic heterocycles. The molecular weight excluding hydrogens is 222 g/mol. The number of nitrogens with one attached hydrogen (secondary N) is 1. The summed E-state index contributed by atoms with van der Waals surface area (Å²) in [5.41, 5.74) is 2.11. The van der Waals surface area contributed by atoms with Crippen LogP contribution in [0, 0.1) is 11.8 Å². The first-order valence-electron chi connectivity index (χ1n) is 6.97. The van der Waals surface area contributed by atoms with Crippen LogP contribution in [0.25, 0.3) is 0 Å². The average molecular weight is 249 g/mol. The molecule has 0 amide bonds. The van der Waals surface area contributed by atoms with Crippen molar-refractivity contribution in [2.45, 2.75) is 53.2 Å². The van der Waals surface area contributed by atoms with Crippen LogP contribution in [0.2, 0.25) is 0 Å². The Bertz CT molecular complexity index is 319. The number of rotatable bonds is 7. The Morgan fingerprint density at radius 1 is 0.944 bits per heavy atom. The zero-order valence-electron chi connectivity index (χ0n) is 12.1. The van der Waals surface area contributed by atoms with E-state index in [1.165, 1.54) is 12.8 Å². The monoisotopic (exact) mass is 249 g/mol. The van der Waals surface area contributed by atoms with E-state index in [9.17, 15) is 0 Å². The van der Waals surface area contributed by atoms with E-state index in [4.69, 9.17) is 5.11 Å². The first-order chi connectivity index (χ1) is 8.51. The van der Waals surface area contributed by atoms with Crippen molar-refractivity contribution in [3.8, 4) is 0 Å². The maximum absolute atomic E-state index is 9.03. The molecule has 0 spiro atoms. The van der Waals surface area contributed by atoms with Gasteiger partial charge in [-0.3, -0.25) is 0 Å². The molecule has 1 aromatic rings. The summed E-state index contributed by atoms with van der Waals surface area (Å²) in [4.78, 5) is 0. The van der Waals surface area contributed by atoms with Crippen LogP contribution >= 0.6 is 0 Å². The quantitative estimate of drug-likeness (QED) is 0.764. The predicted molar refractivity (Wildman–Crippen MR) is 78.7 cm³/mol. The van der Waals surface area contributed by atoms with Crippen LogP contribution in [-0.2, 0) is 6.61 Å². The van der Waals surface area contributed by atoms with Crippen molar-refractivity contribution in [2.75, 3.05) is 5.32 Å². The van der Waals surface area contributed by atoms with Crippen LogP contribution in [0.15, 0.2) is 24.3 Å². The molecule has 2 heteroatoms. The summed E-state index contributed by atoms with van der Waals surface area (Å²) in [5, 5.41) is 12.6. The summed E-state index contributed by atoms with van der Waals surface area (Å²) in [6.45, 7) is 9.18. The molecule has 0 aromatic heterocycles. The molecule has 102 valence electrons. The number of benzene rings is 1. The van der Waals surface area contributed by atoms with Crippen LogP contribution < -0.4 is 5.32 Å². The van der Waals surface area contributed by atoms with Crippen molar-refractivity contribution in [2.24, 2.45) is 11.8 Å². The van der Waals surface area contributed by atoms with Gasteiger partial charge < -0.3 is 10.4 Å². The summed E-state index contributed by atoms with van der Waals surface area (Å²) < 4.78 is 0. The average Bonchev–Trinajstić information content (AvgIpc) is 2.28. The largest absolute Gasteiger partial charge is 0.392 e. The molecule has 0 saturated heterocycles. The molecule has 0 aliphatic carbocycles. The van der Waals surface area contributed by atoms with Gasteiger partial charge in [0.15, 0.2) is 0 Å². The summed E-state index contributed by atoms with van der Waals surface area (Å²) in [6, 6.07) is 8.59. The van der Waals surface area contributed by atoms with Crippen molar-refractivity contribution >= 4 is 5.69 Å². The number of aliphatic hydroxyl groups excluding tert-OH is 1. The highest BCUT2D eigenvalue weighted by Crippen LogP contribution is 2.19. The molecule has 0 heterocycles.